The van der Waals surface area contributed by atoms with Crippen molar-refractivity contribution in [2.45, 2.75) is 64.1 Å². The van der Waals surface area contributed by atoms with E-state index >= 15 is 0 Å². The summed E-state index contributed by atoms with van der Waals surface area (Å²) in [6, 6.07) is 29.6. The Bertz CT molecular complexity index is 2370. The minimum atomic E-state index is -1.12. The van der Waals surface area contributed by atoms with Crippen LogP contribution in [0.15, 0.2) is 115 Å². The predicted molar refractivity (Wildman–Crippen MR) is 249 cm³/mol. The number of fused-ring (bicyclic) bond motifs is 3. The predicted octanol–water partition coefficient (Wildman–Crippen LogP) is 2.95. The number of hydrogen-bond donors (Lipinski definition) is 6. The van der Waals surface area contributed by atoms with Crippen LogP contribution in [0.4, 0.5) is 0 Å². The molecule has 0 aromatic heterocycles. The van der Waals surface area contributed by atoms with Gasteiger partial charge < -0.3 is 42.0 Å². The van der Waals surface area contributed by atoms with Crippen LogP contribution in [0.2, 0.25) is 0 Å². The van der Waals surface area contributed by atoms with E-state index < -0.39 is 47.0 Å². The van der Waals surface area contributed by atoms with E-state index in [4.69, 9.17) is 10.5 Å². The lowest BCUT2D eigenvalue weighted by atomic mass is 9.74. The third-order valence-corrected chi connectivity index (χ3v) is 11.9. The average molecular weight is 898 g/mol. The zero-order chi connectivity index (χ0) is 46.9. The van der Waals surface area contributed by atoms with E-state index in [1.54, 1.807) is 41.3 Å². The summed E-state index contributed by atoms with van der Waals surface area (Å²) in [4.78, 5) is 96.4. The van der Waals surface area contributed by atoms with E-state index in [0.29, 0.717) is 55.6 Å². The monoisotopic (exact) mass is 897 g/mol. The number of ketones is 1. The van der Waals surface area contributed by atoms with Crippen LogP contribution in [0.5, 0.6) is 0 Å². The van der Waals surface area contributed by atoms with Crippen molar-refractivity contribution in [3.05, 3.63) is 143 Å². The number of ether oxygens (including phenoxy) is 1. The highest BCUT2D eigenvalue weighted by molar-refractivity contribution is 5.98. The molecule has 0 unspecified atom stereocenters. The Morgan fingerprint density at radius 2 is 1.50 bits per heavy atom. The van der Waals surface area contributed by atoms with Gasteiger partial charge in [0.25, 0.3) is 0 Å². The van der Waals surface area contributed by atoms with Crippen molar-refractivity contribution in [2.24, 2.45) is 11.1 Å². The van der Waals surface area contributed by atoms with Gasteiger partial charge in [0.2, 0.25) is 35.4 Å². The molecule has 15 heteroatoms. The number of carbonyl (C=O) groups is 7. The minimum absolute atomic E-state index is 0.00736. The molecule has 15 nitrogen and oxygen atoms in total. The van der Waals surface area contributed by atoms with E-state index in [0.717, 1.165) is 28.3 Å². The van der Waals surface area contributed by atoms with Crippen molar-refractivity contribution in [2.75, 3.05) is 45.9 Å². The lowest BCUT2D eigenvalue weighted by molar-refractivity contribution is -0.141. The van der Waals surface area contributed by atoms with Crippen molar-refractivity contribution < 1.29 is 38.3 Å². The van der Waals surface area contributed by atoms with Gasteiger partial charge in [-0.2, -0.15) is 0 Å². The zero-order valence-corrected chi connectivity index (χ0v) is 37.3. The van der Waals surface area contributed by atoms with Crippen LogP contribution in [-0.2, 0) is 59.3 Å². The molecule has 3 atom stereocenters. The molecule has 4 aromatic carbocycles. The number of benzene rings is 4. The SMILES string of the molecule is CC(=O)c1ccc(-c2ccc(C[C@@H]3NC(=O)[C@]4(Cc5ccccc5)CCCN(C4)C(=O)/C=C/C(=O)NCC[C@@H](C(=O)NCCOCCN)NC(=O)Cc4ccccc4CNC3=O)cc2)cc1. The van der Waals surface area contributed by atoms with Crippen LogP contribution < -0.4 is 32.3 Å². The summed E-state index contributed by atoms with van der Waals surface area (Å²) in [5.74, 6) is -2.81. The first-order valence-electron chi connectivity index (χ1n) is 22.4. The van der Waals surface area contributed by atoms with Crippen molar-refractivity contribution >= 4 is 41.2 Å². The van der Waals surface area contributed by atoms with E-state index in [9.17, 15) is 33.6 Å². The fourth-order valence-corrected chi connectivity index (χ4v) is 8.30. The number of nitrogens with zero attached hydrogens (tertiary/aromatic N) is 1. The van der Waals surface area contributed by atoms with Gasteiger partial charge in [0.05, 0.1) is 25.0 Å². The first-order chi connectivity index (χ1) is 31.9. The molecule has 66 heavy (non-hydrogen) atoms. The van der Waals surface area contributed by atoms with Gasteiger partial charge in [-0.1, -0.05) is 103 Å². The molecule has 4 aromatic rings. The van der Waals surface area contributed by atoms with Gasteiger partial charge in [-0.3, -0.25) is 33.6 Å². The lowest BCUT2D eigenvalue weighted by Gasteiger charge is -2.42. The first-order valence-corrected chi connectivity index (χ1v) is 22.4. The summed E-state index contributed by atoms with van der Waals surface area (Å²) < 4.78 is 5.37. The second-order valence-corrected chi connectivity index (χ2v) is 16.8. The molecular formula is C51H59N7O8. The van der Waals surface area contributed by atoms with E-state index in [1.807, 2.05) is 66.7 Å². The van der Waals surface area contributed by atoms with E-state index in [2.05, 4.69) is 26.6 Å². The summed E-state index contributed by atoms with van der Waals surface area (Å²) in [5.41, 5.74) is 9.74. The maximum absolute atomic E-state index is 14.9. The van der Waals surface area contributed by atoms with Gasteiger partial charge in [-0.25, -0.2) is 0 Å². The van der Waals surface area contributed by atoms with Crippen LogP contribution in [-0.4, -0.2) is 104 Å². The Morgan fingerprint density at radius 1 is 0.803 bits per heavy atom. The molecule has 6 amide bonds. The van der Waals surface area contributed by atoms with Crippen molar-refractivity contribution in [1.82, 2.24) is 31.5 Å². The van der Waals surface area contributed by atoms with Crippen LogP contribution in [0.3, 0.4) is 0 Å². The van der Waals surface area contributed by atoms with Crippen molar-refractivity contribution in [3.63, 3.8) is 0 Å². The topological polar surface area (TPSA) is 218 Å². The molecule has 0 saturated carbocycles. The first kappa shape index (κ1) is 48.5. The second kappa shape index (κ2) is 23.8. The number of carbonyl (C=O) groups excluding carboxylic acids is 7. The summed E-state index contributed by atoms with van der Waals surface area (Å²) in [7, 11) is 0. The van der Waals surface area contributed by atoms with Crippen LogP contribution in [0, 0.1) is 5.41 Å². The zero-order valence-electron chi connectivity index (χ0n) is 37.3. The van der Waals surface area contributed by atoms with Crippen LogP contribution in [0.25, 0.3) is 11.1 Å². The van der Waals surface area contributed by atoms with E-state index in [-0.39, 0.29) is 63.7 Å². The molecule has 2 aliphatic heterocycles. The molecule has 2 bridgehead atoms. The Balaban J connectivity index is 1.30. The highest BCUT2D eigenvalue weighted by atomic mass is 16.5. The average Bonchev–Trinajstić information content (AvgIpc) is 3.32. The minimum Gasteiger partial charge on any atom is -0.378 e. The molecule has 2 heterocycles. The third-order valence-electron chi connectivity index (χ3n) is 11.9. The normalized spacial score (nSPS) is 20.5. The number of piperidine rings is 1. The Labute approximate surface area is 385 Å². The number of hydrogen-bond acceptors (Lipinski definition) is 9. The largest absolute Gasteiger partial charge is 0.378 e. The fourth-order valence-electron chi connectivity index (χ4n) is 8.30. The molecule has 0 radical (unpaired) electrons. The van der Waals surface area contributed by atoms with Crippen molar-refractivity contribution in [3.8, 4) is 11.1 Å². The molecule has 2 aliphatic rings. The quantitative estimate of drug-likeness (QED) is 0.0909. The molecule has 7 N–H and O–H groups in total. The van der Waals surface area contributed by atoms with Gasteiger partial charge in [0.1, 0.15) is 12.1 Å². The second-order valence-electron chi connectivity index (χ2n) is 16.8. The summed E-state index contributed by atoms with van der Waals surface area (Å²) >= 11 is 0. The number of nitrogens with one attached hydrogen (secondary N) is 5. The Kier molecular flexibility index (Phi) is 17.5. The van der Waals surface area contributed by atoms with Gasteiger partial charge in [-0.15, -0.1) is 0 Å². The molecule has 1 saturated heterocycles. The Hall–Kier alpha value is -6.97. The number of nitrogens with two attached hydrogens (primary N) is 1. The molecule has 6 rings (SSSR count). The molecule has 346 valence electrons. The smallest absolute Gasteiger partial charge is 0.246 e. The maximum Gasteiger partial charge on any atom is 0.246 e. The number of rotatable bonds is 12. The highest BCUT2D eigenvalue weighted by Gasteiger charge is 2.44. The summed E-state index contributed by atoms with van der Waals surface area (Å²) in [5, 5.41) is 14.4. The van der Waals surface area contributed by atoms with Gasteiger partial charge in [0, 0.05) is 63.4 Å². The fraction of sp³-hybridized carbons (Fsp3) is 0.353. The third kappa shape index (κ3) is 13.8. The Morgan fingerprint density at radius 3 is 2.21 bits per heavy atom. The van der Waals surface area contributed by atoms with Gasteiger partial charge in [-0.05, 0) is 66.0 Å². The van der Waals surface area contributed by atoms with E-state index in [1.165, 1.54) is 13.0 Å². The molecule has 0 aliphatic carbocycles. The van der Waals surface area contributed by atoms with Crippen LogP contribution in [0.1, 0.15) is 58.8 Å². The summed E-state index contributed by atoms with van der Waals surface area (Å²) in [6.45, 7) is 3.02. The number of Topliss-reactive ketones (excluding diaryl/α,β-unsaturated/α-hetero) is 1. The van der Waals surface area contributed by atoms with Gasteiger partial charge in [0.15, 0.2) is 5.78 Å². The van der Waals surface area contributed by atoms with Gasteiger partial charge >= 0.3 is 0 Å². The molecule has 1 fully saturated rings. The highest BCUT2D eigenvalue weighted by Crippen LogP contribution is 2.35. The molecular weight excluding hydrogens is 839 g/mol. The maximum atomic E-state index is 14.9. The van der Waals surface area contributed by atoms with Crippen LogP contribution >= 0.6 is 0 Å². The van der Waals surface area contributed by atoms with Crippen molar-refractivity contribution in [1.29, 1.82) is 0 Å². The lowest BCUT2D eigenvalue weighted by Crippen LogP contribution is -2.58. The standard InChI is InChI=1S/C51H59N7O8/c1-35(59)38-16-18-40(19-17-38)39-14-12-36(13-15-39)30-44-49(64)55-33-42-11-6-5-10-41(42)31-46(61)56-43(48(63)54-26-29-66-28-24-52)22-25-53-45(60)20-21-47(62)58-27-7-23-51(34-58,50(65)57-44)32-37-8-3-2-4-9-37/h2-6,8-21,43-44H,7,22-34,52H2,1H3,(H,53,60)(H,54,63)(H,55,64)(H,56,61)(H,57,65)/b21-20+/t43-,44-,51-/m0/s1. The summed E-state index contributed by atoms with van der Waals surface area (Å²) in [6.07, 6.45) is 3.60. The number of amides is 6. The molecule has 0 spiro atoms.